The molecule has 1 heterocycles. The van der Waals surface area contributed by atoms with Gasteiger partial charge in [-0.2, -0.15) is 5.10 Å². The number of carbonyl (C=O) groups is 1. The van der Waals surface area contributed by atoms with Gasteiger partial charge in [0, 0.05) is 6.07 Å². The van der Waals surface area contributed by atoms with Crippen LogP contribution in [0, 0.1) is 20.2 Å². The summed E-state index contributed by atoms with van der Waals surface area (Å²) in [7, 11) is 0. The van der Waals surface area contributed by atoms with Crippen molar-refractivity contribution >= 4 is 29.2 Å². The van der Waals surface area contributed by atoms with Crippen molar-refractivity contribution in [1.29, 1.82) is 0 Å². The van der Waals surface area contributed by atoms with Crippen LogP contribution in [0.2, 0.25) is 0 Å². The lowest BCUT2D eigenvalue weighted by Gasteiger charge is -2.03. The summed E-state index contributed by atoms with van der Waals surface area (Å²) in [5.41, 5.74) is 2.22. The number of anilines is 1. The second kappa shape index (κ2) is 8.43. The van der Waals surface area contributed by atoms with E-state index in [1.807, 2.05) is 0 Å². The molecule has 0 aliphatic heterocycles. The van der Waals surface area contributed by atoms with Crippen molar-refractivity contribution in [3.05, 3.63) is 92.4 Å². The smallest absolute Gasteiger partial charge is 0.379 e. The number of rotatable bonds is 7. The van der Waals surface area contributed by atoms with E-state index >= 15 is 0 Å². The summed E-state index contributed by atoms with van der Waals surface area (Å²) < 4.78 is 10.1. The van der Waals surface area contributed by atoms with E-state index in [0.717, 1.165) is 12.1 Å². The van der Waals surface area contributed by atoms with E-state index < -0.39 is 27.2 Å². The largest absolute Gasteiger partial charge is 0.457 e. The monoisotopic (exact) mass is 396 g/mol. The minimum absolute atomic E-state index is 0.000785. The topological polar surface area (TPSA) is 150 Å². The Kier molecular flexibility index (Phi) is 5.59. The number of benzene rings is 2. The van der Waals surface area contributed by atoms with Crippen molar-refractivity contribution in [2.24, 2.45) is 5.10 Å². The number of furan rings is 1. The summed E-state index contributed by atoms with van der Waals surface area (Å²) in [5, 5.41) is 25.7. The molecular formula is C18H12N4O7. The predicted molar refractivity (Wildman–Crippen MR) is 101 cm³/mol. The average molecular weight is 396 g/mol. The Labute approximate surface area is 162 Å². The molecule has 29 heavy (non-hydrogen) atoms. The maximum atomic E-state index is 11.8. The number of ether oxygens (including phenoxy) is 1. The third-order valence-electron chi connectivity index (χ3n) is 3.60. The van der Waals surface area contributed by atoms with Gasteiger partial charge in [0.25, 0.3) is 5.69 Å². The average Bonchev–Trinajstić information content (AvgIpc) is 3.24. The molecule has 0 radical (unpaired) electrons. The highest BCUT2D eigenvalue weighted by molar-refractivity contribution is 5.88. The molecule has 1 N–H and O–H groups in total. The Morgan fingerprint density at radius 1 is 1.07 bits per heavy atom. The SMILES string of the molecule is O=C(Oc1ccc(/C=N/Nc2ccc([N+](=O)[O-])cc2[N+](=O)[O-])cc1)c1ccco1. The molecule has 11 nitrogen and oxygen atoms in total. The van der Waals surface area contributed by atoms with E-state index in [-0.39, 0.29) is 11.4 Å². The van der Waals surface area contributed by atoms with Crippen molar-refractivity contribution in [2.45, 2.75) is 0 Å². The molecule has 0 aliphatic carbocycles. The predicted octanol–water partition coefficient (Wildman–Crippen LogP) is 3.76. The highest BCUT2D eigenvalue weighted by Gasteiger charge is 2.19. The number of esters is 1. The molecule has 0 bridgehead atoms. The van der Waals surface area contributed by atoms with Crippen molar-refractivity contribution < 1.29 is 23.8 Å². The summed E-state index contributed by atoms with van der Waals surface area (Å²) in [4.78, 5) is 32.2. The maximum absolute atomic E-state index is 11.8. The van der Waals surface area contributed by atoms with E-state index in [2.05, 4.69) is 10.5 Å². The van der Waals surface area contributed by atoms with Crippen molar-refractivity contribution in [3.63, 3.8) is 0 Å². The molecule has 146 valence electrons. The van der Waals surface area contributed by atoms with Gasteiger partial charge in [-0.15, -0.1) is 0 Å². The van der Waals surface area contributed by atoms with Crippen LogP contribution in [0.4, 0.5) is 17.1 Å². The number of hydrazone groups is 1. The first kappa shape index (κ1) is 19.2. The summed E-state index contributed by atoms with van der Waals surface area (Å²) in [6.45, 7) is 0. The Bertz CT molecular complexity index is 1080. The lowest BCUT2D eigenvalue weighted by Crippen LogP contribution is -2.07. The number of nitrogens with one attached hydrogen (secondary N) is 1. The fourth-order valence-corrected chi connectivity index (χ4v) is 2.23. The zero-order valence-electron chi connectivity index (χ0n) is 14.6. The van der Waals surface area contributed by atoms with Gasteiger partial charge < -0.3 is 9.15 Å². The minimum Gasteiger partial charge on any atom is -0.457 e. The fourth-order valence-electron chi connectivity index (χ4n) is 2.23. The lowest BCUT2D eigenvalue weighted by atomic mass is 10.2. The van der Waals surface area contributed by atoms with Crippen LogP contribution in [0.15, 0.2) is 70.4 Å². The highest BCUT2D eigenvalue weighted by atomic mass is 16.6. The molecule has 0 atom stereocenters. The highest BCUT2D eigenvalue weighted by Crippen LogP contribution is 2.28. The van der Waals surface area contributed by atoms with Gasteiger partial charge in [0.05, 0.1) is 28.4 Å². The van der Waals surface area contributed by atoms with Crippen LogP contribution in [0.3, 0.4) is 0 Å². The van der Waals surface area contributed by atoms with Gasteiger partial charge >= 0.3 is 11.7 Å². The quantitative estimate of drug-likeness (QED) is 0.208. The van der Waals surface area contributed by atoms with E-state index in [1.165, 1.54) is 36.7 Å². The first-order valence-electron chi connectivity index (χ1n) is 8.01. The van der Waals surface area contributed by atoms with Gasteiger partial charge in [-0.1, -0.05) is 0 Å². The fraction of sp³-hybridized carbons (Fsp3) is 0. The van der Waals surface area contributed by atoms with Crippen LogP contribution in [0.1, 0.15) is 16.1 Å². The maximum Gasteiger partial charge on any atom is 0.379 e. The number of nitro groups is 2. The molecule has 0 saturated carbocycles. The number of nitro benzene ring substituents is 2. The molecule has 0 saturated heterocycles. The number of carbonyl (C=O) groups excluding carboxylic acids is 1. The third kappa shape index (κ3) is 4.80. The molecule has 0 unspecified atom stereocenters. The molecule has 0 amide bonds. The number of non-ortho nitro benzene ring substituents is 1. The van der Waals surface area contributed by atoms with E-state index in [4.69, 9.17) is 9.15 Å². The summed E-state index contributed by atoms with van der Waals surface area (Å²) in [6, 6.07) is 12.5. The van der Waals surface area contributed by atoms with Crippen LogP contribution in [0.5, 0.6) is 5.75 Å². The molecule has 2 aromatic carbocycles. The van der Waals surface area contributed by atoms with Crippen LogP contribution in [-0.4, -0.2) is 22.0 Å². The lowest BCUT2D eigenvalue weighted by molar-refractivity contribution is -0.393. The molecule has 3 rings (SSSR count). The second-order valence-electron chi connectivity index (χ2n) is 5.52. The van der Waals surface area contributed by atoms with Crippen LogP contribution in [-0.2, 0) is 0 Å². The Balaban J connectivity index is 1.65. The van der Waals surface area contributed by atoms with Crippen LogP contribution >= 0.6 is 0 Å². The zero-order chi connectivity index (χ0) is 20.8. The summed E-state index contributed by atoms with van der Waals surface area (Å²) in [6.07, 6.45) is 2.74. The van der Waals surface area contributed by atoms with Crippen molar-refractivity contribution in [3.8, 4) is 5.75 Å². The van der Waals surface area contributed by atoms with Crippen LogP contribution < -0.4 is 10.2 Å². The zero-order valence-corrected chi connectivity index (χ0v) is 14.6. The molecular weight excluding hydrogens is 384 g/mol. The van der Waals surface area contributed by atoms with Gasteiger partial charge in [-0.25, -0.2) is 4.79 Å². The van der Waals surface area contributed by atoms with Gasteiger partial charge in [0.1, 0.15) is 11.4 Å². The third-order valence-corrected chi connectivity index (χ3v) is 3.60. The number of hydrogen-bond acceptors (Lipinski definition) is 9. The van der Waals surface area contributed by atoms with Crippen molar-refractivity contribution in [1.82, 2.24) is 0 Å². The summed E-state index contributed by atoms with van der Waals surface area (Å²) >= 11 is 0. The van der Waals surface area contributed by atoms with Gasteiger partial charge in [0.15, 0.2) is 0 Å². The Morgan fingerprint density at radius 2 is 1.83 bits per heavy atom. The molecule has 0 spiro atoms. The standard InChI is InChI=1S/C18H12N4O7/c23-18(17-2-1-9-28-17)29-14-6-3-12(4-7-14)11-19-20-15-8-5-13(21(24)25)10-16(15)22(26)27/h1-11,20H/b19-11+. The van der Waals surface area contributed by atoms with Gasteiger partial charge in [-0.05, 0) is 48.0 Å². The first-order valence-corrected chi connectivity index (χ1v) is 8.01. The number of hydrogen-bond donors (Lipinski definition) is 1. The van der Waals surface area contributed by atoms with Gasteiger partial charge in [0.2, 0.25) is 5.76 Å². The summed E-state index contributed by atoms with van der Waals surface area (Å²) in [5.74, 6) is -0.268. The molecule has 11 heteroatoms. The normalized spacial score (nSPS) is 10.6. The van der Waals surface area contributed by atoms with E-state index in [1.54, 1.807) is 18.2 Å². The molecule has 3 aromatic rings. The van der Waals surface area contributed by atoms with Gasteiger partial charge in [-0.3, -0.25) is 25.7 Å². The molecule has 0 fully saturated rings. The Morgan fingerprint density at radius 3 is 2.45 bits per heavy atom. The minimum atomic E-state index is -0.743. The number of nitrogens with zero attached hydrogens (tertiary/aromatic N) is 3. The van der Waals surface area contributed by atoms with Crippen LogP contribution in [0.25, 0.3) is 0 Å². The van der Waals surface area contributed by atoms with E-state index in [9.17, 15) is 25.0 Å². The molecule has 0 aliphatic rings. The first-order chi connectivity index (χ1) is 13.9. The van der Waals surface area contributed by atoms with E-state index in [0.29, 0.717) is 11.3 Å². The van der Waals surface area contributed by atoms with Crippen molar-refractivity contribution in [2.75, 3.05) is 5.43 Å². The Hall–Kier alpha value is -4.54. The second-order valence-corrected chi connectivity index (χ2v) is 5.52. The molecule has 1 aromatic heterocycles.